The zero-order chi connectivity index (χ0) is 24.9. The number of carbonyl (C=O) groups excluding carboxylic acids is 1. The Morgan fingerprint density at radius 2 is 1.80 bits per heavy atom. The van der Waals surface area contributed by atoms with E-state index in [1.165, 1.54) is 44.6 Å². The molecule has 8 nitrogen and oxygen atoms in total. The molecule has 0 saturated heterocycles. The number of carbonyl (C=O) groups is 1. The monoisotopic (exact) mass is 476 g/mol. The smallest absolute Gasteiger partial charge is 0.349 e. The van der Waals surface area contributed by atoms with Crippen molar-refractivity contribution in [2.24, 2.45) is 5.73 Å². The standard InChI is InChI=1S/C26H21FN2O6/c1-31-21-5-3-4-19(25(21)32-2)24-18-11-10-17(12-22(18)35-26(29)20(24)13-28)34-23(30)14-33-16-8-6-15(27)7-9-16/h3-12,24H,14,29H2,1-2H3. The van der Waals surface area contributed by atoms with E-state index in [9.17, 15) is 14.4 Å². The highest BCUT2D eigenvalue weighted by molar-refractivity contribution is 5.74. The quantitative estimate of drug-likeness (QED) is 0.402. The Labute approximate surface area is 200 Å². The maximum absolute atomic E-state index is 13.0. The molecule has 178 valence electrons. The zero-order valence-electron chi connectivity index (χ0n) is 18.9. The summed E-state index contributed by atoms with van der Waals surface area (Å²) in [6, 6.07) is 17.5. The molecule has 0 radical (unpaired) electrons. The van der Waals surface area contributed by atoms with Crippen LogP contribution in [0.5, 0.6) is 28.7 Å². The molecule has 0 fully saturated rings. The number of nitrogens with two attached hydrogens (primary N) is 1. The van der Waals surface area contributed by atoms with Gasteiger partial charge in [-0.2, -0.15) is 5.26 Å². The number of fused-ring (bicyclic) bond motifs is 1. The van der Waals surface area contributed by atoms with E-state index in [1.54, 1.807) is 24.3 Å². The summed E-state index contributed by atoms with van der Waals surface area (Å²) in [5.74, 6) is 0.0566. The third kappa shape index (κ3) is 4.82. The molecular weight excluding hydrogens is 455 g/mol. The molecule has 0 aliphatic carbocycles. The van der Waals surface area contributed by atoms with Gasteiger partial charge in [0.25, 0.3) is 0 Å². The summed E-state index contributed by atoms with van der Waals surface area (Å²) in [4.78, 5) is 12.3. The molecule has 1 heterocycles. The van der Waals surface area contributed by atoms with Crippen LogP contribution in [-0.4, -0.2) is 26.8 Å². The van der Waals surface area contributed by atoms with Gasteiger partial charge in [-0.1, -0.05) is 18.2 Å². The minimum absolute atomic E-state index is 0.0713. The largest absolute Gasteiger partial charge is 0.493 e. The minimum atomic E-state index is -0.669. The Hall–Kier alpha value is -4.71. The van der Waals surface area contributed by atoms with Crippen molar-refractivity contribution >= 4 is 5.97 Å². The second kappa shape index (κ2) is 10.1. The van der Waals surface area contributed by atoms with E-state index in [0.29, 0.717) is 34.1 Å². The van der Waals surface area contributed by atoms with Gasteiger partial charge in [-0.25, -0.2) is 9.18 Å². The van der Waals surface area contributed by atoms with Gasteiger partial charge in [0, 0.05) is 17.2 Å². The SMILES string of the molecule is COc1cccc(C2C(C#N)=C(N)Oc3cc(OC(=O)COc4ccc(F)cc4)ccc32)c1OC. The number of ether oxygens (including phenoxy) is 5. The van der Waals surface area contributed by atoms with Crippen molar-refractivity contribution in [1.82, 2.24) is 0 Å². The number of allylic oxidation sites excluding steroid dienone is 1. The second-order valence-electron chi connectivity index (χ2n) is 7.42. The molecule has 1 aliphatic rings. The molecule has 0 aromatic heterocycles. The van der Waals surface area contributed by atoms with Crippen molar-refractivity contribution in [2.45, 2.75) is 5.92 Å². The number of methoxy groups -OCH3 is 2. The van der Waals surface area contributed by atoms with Crippen LogP contribution in [0.2, 0.25) is 0 Å². The molecule has 35 heavy (non-hydrogen) atoms. The number of hydrogen-bond donors (Lipinski definition) is 1. The van der Waals surface area contributed by atoms with Gasteiger partial charge in [-0.3, -0.25) is 0 Å². The molecule has 0 saturated carbocycles. The lowest BCUT2D eigenvalue weighted by atomic mass is 9.83. The van der Waals surface area contributed by atoms with Crippen molar-refractivity contribution in [1.29, 1.82) is 5.26 Å². The van der Waals surface area contributed by atoms with Crippen molar-refractivity contribution in [3.05, 3.63) is 89.1 Å². The van der Waals surface area contributed by atoms with E-state index in [-0.39, 0.29) is 23.8 Å². The van der Waals surface area contributed by atoms with Gasteiger partial charge in [0.05, 0.1) is 20.1 Å². The lowest BCUT2D eigenvalue weighted by Crippen LogP contribution is -2.22. The number of nitrogens with zero attached hydrogens (tertiary/aromatic N) is 1. The fraction of sp³-hybridized carbons (Fsp3) is 0.154. The molecule has 1 atom stereocenters. The predicted octanol–water partition coefficient (Wildman–Crippen LogP) is 4.05. The van der Waals surface area contributed by atoms with E-state index in [1.807, 2.05) is 6.07 Å². The molecule has 0 amide bonds. The highest BCUT2D eigenvalue weighted by atomic mass is 19.1. The van der Waals surface area contributed by atoms with E-state index < -0.39 is 17.7 Å². The average Bonchev–Trinajstić information content (AvgIpc) is 2.86. The molecule has 2 N–H and O–H groups in total. The van der Waals surface area contributed by atoms with Crippen LogP contribution in [0.1, 0.15) is 17.0 Å². The van der Waals surface area contributed by atoms with Crippen LogP contribution in [0.3, 0.4) is 0 Å². The molecule has 3 aromatic rings. The van der Waals surface area contributed by atoms with Gasteiger partial charge >= 0.3 is 5.97 Å². The lowest BCUT2D eigenvalue weighted by molar-refractivity contribution is -0.136. The van der Waals surface area contributed by atoms with Crippen molar-refractivity contribution in [2.75, 3.05) is 20.8 Å². The first-order chi connectivity index (χ1) is 16.9. The molecule has 1 unspecified atom stereocenters. The third-order valence-electron chi connectivity index (χ3n) is 5.34. The summed E-state index contributed by atoms with van der Waals surface area (Å²) in [7, 11) is 3.03. The molecule has 1 aliphatic heterocycles. The van der Waals surface area contributed by atoms with Gasteiger partial charge < -0.3 is 29.4 Å². The second-order valence-corrected chi connectivity index (χ2v) is 7.42. The highest BCUT2D eigenvalue weighted by Gasteiger charge is 2.33. The summed E-state index contributed by atoms with van der Waals surface area (Å²) >= 11 is 0. The third-order valence-corrected chi connectivity index (χ3v) is 5.34. The zero-order valence-corrected chi connectivity index (χ0v) is 18.9. The van der Waals surface area contributed by atoms with Gasteiger partial charge in [-0.15, -0.1) is 0 Å². The average molecular weight is 476 g/mol. The molecule has 9 heteroatoms. The van der Waals surface area contributed by atoms with Crippen LogP contribution in [0, 0.1) is 17.1 Å². The van der Waals surface area contributed by atoms with Crippen LogP contribution in [0.15, 0.2) is 72.1 Å². The summed E-state index contributed by atoms with van der Waals surface area (Å²) in [6.45, 7) is -0.381. The fourth-order valence-corrected chi connectivity index (χ4v) is 3.79. The van der Waals surface area contributed by atoms with Crippen molar-refractivity contribution < 1.29 is 32.9 Å². The highest BCUT2D eigenvalue weighted by Crippen LogP contribution is 2.47. The summed E-state index contributed by atoms with van der Waals surface area (Å²) in [5, 5.41) is 9.81. The number of hydrogen-bond acceptors (Lipinski definition) is 8. The molecular formula is C26H21FN2O6. The summed E-state index contributed by atoms with van der Waals surface area (Å²) in [6.07, 6.45) is 0. The first kappa shape index (κ1) is 23.4. The number of halogens is 1. The normalized spacial score (nSPS) is 14.3. The van der Waals surface area contributed by atoms with Gasteiger partial charge in [0.2, 0.25) is 5.88 Å². The van der Waals surface area contributed by atoms with Gasteiger partial charge in [0.1, 0.15) is 34.7 Å². The number of nitriles is 1. The molecule has 4 rings (SSSR count). The van der Waals surface area contributed by atoms with E-state index in [2.05, 4.69) is 6.07 Å². The van der Waals surface area contributed by atoms with E-state index >= 15 is 0 Å². The first-order valence-corrected chi connectivity index (χ1v) is 10.5. The maximum Gasteiger partial charge on any atom is 0.349 e. The van der Waals surface area contributed by atoms with Crippen LogP contribution < -0.4 is 29.4 Å². The van der Waals surface area contributed by atoms with Crippen LogP contribution >= 0.6 is 0 Å². The molecule has 0 spiro atoms. The van der Waals surface area contributed by atoms with Crippen LogP contribution in [0.25, 0.3) is 0 Å². The maximum atomic E-state index is 13.0. The number of esters is 1. The molecule has 3 aromatic carbocycles. The number of rotatable bonds is 7. The Morgan fingerprint density at radius 3 is 2.49 bits per heavy atom. The first-order valence-electron chi connectivity index (χ1n) is 10.5. The Bertz CT molecular complexity index is 1330. The summed E-state index contributed by atoms with van der Waals surface area (Å²) < 4.78 is 40.3. The minimum Gasteiger partial charge on any atom is -0.493 e. The van der Waals surface area contributed by atoms with Gasteiger partial charge in [-0.05, 0) is 36.4 Å². The van der Waals surface area contributed by atoms with Crippen LogP contribution in [-0.2, 0) is 4.79 Å². The van der Waals surface area contributed by atoms with Crippen molar-refractivity contribution in [3.8, 4) is 34.8 Å². The Balaban J connectivity index is 1.60. The Morgan fingerprint density at radius 1 is 1.06 bits per heavy atom. The predicted molar refractivity (Wildman–Crippen MR) is 123 cm³/mol. The van der Waals surface area contributed by atoms with E-state index in [4.69, 9.17) is 29.4 Å². The summed E-state index contributed by atoms with van der Waals surface area (Å²) in [5.41, 5.74) is 7.58. The van der Waals surface area contributed by atoms with Crippen molar-refractivity contribution in [3.63, 3.8) is 0 Å². The molecule has 0 bridgehead atoms. The number of para-hydroxylation sites is 1. The topological polar surface area (TPSA) is 113 Å². The lowest BCUT2D eigenvalue weighted by Gasteiger charge is -2.28. The van der Waals surface area contributed by atoms with E-state index in [0.717, 1.165) is 0 Å². The fourth-order valence-electron chi connectivity index (χ4n) is 3.79. The Kier molecular flexibility index (Phi) is 6.73. The number of benzene rings is 3. The van der Waals surface area contributed by atoms with Crippen LogP contribution in [0.4, 0.5) is 4.39 Å². The van der Waals surface area contributed by atoms with Gasteiger partial charge in [0.15, 0.2) is 18.1 Å².